The van der Waals surface area contributed by atoms with Crippen molar-refractivity contribution in [3.8, 4) is 5.75 Å². The van der Waals surface area contributed by atoms with E-state index in [-0.39, 0.29) is 31.6 Å². The van der Waals surface area contributed by atoms with Crippen molar-refractivity contribution in [1.29, 1.82) is 0 Å². The van der Waals surface area contributed by atoms with Gasteiger partial charge in [0, 0.05) is 38.6 Å². The van der Waals surface area contributed by atoms with Crippen molar-refractivity contribution >= 4 is 5.91 Å². The van der Waals surface area contributed by atoms with Crippen LogP contribution in [0.4, 0.5) is 0 Å². The van der Waals surface area contributed by atoms with Crippen LogP contribution in [0.15, 0.2) is 18.3 Å². The molecule has 1 saturated heterocycles. The SMILES string of the molecule is COCO[C@@]1(Cc2cc(OC(C)CC(C)C)ccn2)C(=O)N(COC)[C@H]1CC(C)C. The number of aromatic nitrogens is 1. The van der Waals surface area contributed by atoms with Crippen LogP contribution in [0.3, 0.4) is 0 Å². The van der Waals surface area contributed by atoms with Crippen molar-refractivity contribution in [3.05, 3.63) is 24.0 Å². The van der Waals surface area contributed by atoms with Gasteiger partial charge in [-0.05, 0) is 37.7 Å². The fourth-order valence-corrected chi connectivity index (χ4v) is 4.17. The minimum Gasteiger partial charge on any atom is -0.491 e. The second kappa shape index (κ2) is 11.1. The second-order valence-corrected chi connectivity index (χ2v) is 9.00. The summed E-state index contributed by atoms with van der Waals surface area (Å²) in [4.78, 5) is 19.4. The van der Waals surface area contributed by atoms with E-state index in [9.17, 15) is 4.79 Å². The zero-order valence-corrected chi connectivity index (χ0v) is 19.5. The Bertz CT molecular complexity index is 681. The maximum Gasteiger partial charge on any atom is 0.259 e. The van der Waals surface area contributed by atoms with Crippen molar-refractivity contribution < 1.29 is 23.7 Å². The van der Waals surface area contributed by atoms with Gasteiger partial charge in [-0.25, -0.2) is 0 Å². The summed E-state index contributed by atoms with van der Waals surface area (Å²) in [7, 11) is 3.15. The molecule has 2 rings (SSSR count). The van der Waals surface area contributed by atoms with Crippen LogP contribution in [0.5, 0.6) is 5.75 Å². The molecule has 0 spiro atoms. The Morgan fingerprint density at radius 3 is 2.47 bits per heavy atom. The van der Waals surface area contributed by atoms with Crippen molar-refractivity contribution in [2.24, 2.45) is 11.8 Å². The zero-order chi connectivity index (χ0) is 22.3. The Labute approximate surface area is 181 Å². The third-order valence-electron chi connectivity index (χ3n) is 5.31. The zero-order valence-electron chi connectivity index (χ0n) is 19.5. The molecule has 1 aromatic rings. The summed E-state index contributed by atoms with van der Waals surface area (Å²) < 4.78 is 22.5. The second-order valence-electron chi connectivity index (χ2n) is 9.00. The van der Waals surface area contributed by atoms with Crippen LogP contribution in [0.1, 0.15) is 53.2 Å². The average molecular weight is 423 g/mol. The molecule has 2 heterocycles. The van der Waals surface area contributed by atoms with Crippen molar-refractivity contribution in [2.45, 2.75) is 71.6 Å². The van der Waals surface area contributed by atoms with Gasteiger partial charge in [0.25, 0.3) is 5.91 Å². The van der Waals surface area contributed by atoms with Gasteiger partial charge in [0.15, 0.2) is 5.60 Å². The molecule has 7 nitrogen and oxygen atoms in total. The highest BCUT2D eigenvalue weighted by atomic mass is 16.7. The molecule has 30 heavy (non-hydrogen) atoms. The Hall–Kier alpha value is -1.70. The molecule has 1 aliphatic rings. The molecule has 1 fully saturated rings. The van der Waals surface area contributed by atoms with Crippen molar-refractivity contribution in [1.82, 2.24) is 9.88 Å². The van der Waals surface area contributed by atoms with Gasteiger partial charge in [0.05, 0.1) is 12.1 Å². The van der Waals surface area contributed by atoms with Gasteiger partial charge in [-0.15, -0.1) is 0 Å². The molecule has 7 heteroatoms. The normalized spacial score (nSPS) is 22.5. The van der Waals surface area contributed by atoms with E-state index in [1.165, 1.54) is 0 Å². The molecule has 0 radical (unpaired) electrons. The number of hydrogen-bond acceptors (Lipinski definition) is 6. The Kier molecular flexibility index (Phi) is 9.07. The summed E-state index contributed by atoms with van der Waals surface area (Å²) in [6.07, 6.45) is 3.97. The quantitative estimate of drug-likeness (QED) is 0.357. The van der Waals surface area contributed by atoms with Crippen LogP contribution in [0, 0.1) is 11.8 Å². The van der Waals surface area contributed by atoms with Gasteiger partial charge in [-0.1, -0.05) is 27.7 Å². The van der Waals surface area contributed by atoms with E-state index in [0.717, 1.165) is 24.3 Å². The highest BCUT2D eigenvalue weighted by Crippen LogP contribution is 2.41. The number of nitrogens with zero attached hydrogens (tertiary/aromatic N) is 2. The monoisotopic (exact) mass is 422 g/mol. The van der Waals surface area contributed by atoms with E-state index < -0.39 is 5.60 Å². The molecule has 0 aromatic carbocycles. The molecule has 0 bridgehead atoms. The van der Waals surface area contributed by atoms with Gasteiger partial charge in [-0.3, -0.25) is 9.78 Å². The summed E-state index contributed by atoms with van der Waals surface area (Å²) in [5.41, 5.74) is -0.243. The fraction of sp³-hybridized carbons (Fsp3) is 0.739. The Morgan fingerprint density at radius 1 is 1.13 bits per heavy atom. The molecule has 1 amide bonds. The maximum atomic E-state index is 13.2. The highest BCUT2D eigenvalue weighted by Gasteiger charge is 2.62. The van der Waals surface area contributed by atoms with Crippen LogP contribution in [-0.2, 0) is 25.4 Å². The summed E-state index contributed by atoms with van der Waals surface area (Å²) in [5, 5.41) is 0. The van der Waals surface area contributed by atoms with Crippen LogP contribution in [0.25, 0.3) is 0 Å². The average Bonchev–Trinajstić information content (AvgIpc) is 2.67. The number of hydrogen-bond donors (Lipinski definition) is 0. The predicted octanol–water partition coefficient (Wildman–Crippen LogP) is 3.66. The number of carbonyl (C=O) groups excluding carboxylic acids is 1. The van der Waals surface area contributed by atoms with E-state index in [1.807, 2.05) is 12.1 Å². The fourth-order valence-electron chi connectivity index (χ4n) is 4.17. The number of amides is 1. The largest absolute Gasteiger partial charge is 0.491 e. The van der Waals surface area contributed by atoms with Crippen LogP contribution < -0.4 is 4.74 Å². The minimum absolute atomic E-state index is 0.0444. The number of methoxy groups -OCH3 is 2. The summed E-state index contributed by atoms with van der Waals surface area (Å²) >= 11 is 0. The van der Waals surface area contributed by atoms with E-state index in [4.69, 9.17) is 18.9 Å². The number of rotatable bonds is 13. The summed E-state index contributed by atoms with van der Waals surface area (Å²) in [5.74, 6) is 1.62. The van der Waals surface area contributed by atoms with Crippen LogP contribution in [0.2, 0.25) is 0 Å². The molecular weight excluding hydrogens is 384 g/mol. The summed E-state index contributed by atoms with van der Waals surface area (Å²) in [6, 6.07) is 3.66. The molecule has 0 N–H and O–H groups in total. The van der Waals surface area contributed by atoms with Crippen LogP contribution >= 0.6 is 0 Å². The number of β-lactam (4-membered cyclic amide) rings is 1. The lowest BCUT2D eigenvalue weighted by atomic mass is 9.75. The van der Waals surface area contributed by atoms with E-state index >= 15 is 0 Å². The molecule has 0 aliphatic carbocycles. The minimum atomic E-state index is -1.01. The molecular formula is C23H38N2O5. The number of likely N-dealkylation sites (tertiary alicyclic amines) is 1. The third kappa shape index (κ3) is 5.93. The van der Waals surface area contributed by atoms with E-state index in [0.29, 0.717) is 18.3 Å². The highest BCUT2D eigenvalue weighted by molar-refractivity contribution is 5.93. The predicted molar refractivity (Wildman–Crippen MR) is 115 cm³/mol. The number of pyridine rings is 1. The lowest BCUT2D eigenvalue weighted by Gasteiger charge is -2.55. The molecule has 3 atom stereocenters. The first-order valence-corrected chi connectivity index (χ1v) is 10.8. The molecule has 170 valence electrons. The van der Waals surface area contributed by atoms with E-state index in [1.54, 1.807) is 25.3 Å². The first-order valence-electron chi connectivity index (χ1n) is 10.8. The number of carbonyl (C=O) groups is 1. The maximum absolute atomic E-state index is 13.2. The molecule has 1 aromatic heterocycles. The Balaban J connectivity index is 2.25. The summed E-state index contributed by atoms with van der Waals surface area (Å²) in [6.45, 7) is 11.0. The molecule has 0 saturated carbocycles. The van der Waals surface area contributed by atoms with Crippen molar-refractivity contribution in [3.63, 3.8) is 0 Å². The standard InChI is InChI=1S/C23H38N2O5/c1-16(2)10-18(5)30-20-8-9-24-19(12-20)13-23(29-15-28-7)21(11-17(3)4)25(14-27-6)22(23)26/h8-9,12,16-18,21H,10-11,13-15H2,1-7H3/t18?,21-,23+/m0/s1. The first-order chi connectivity index (χ1) is 14.2. The van der Waals surface area contributed by atoms with E-state index in [2.05, 4.69) is 39.6 Å². The third-order valence-corrected chi connectivity index (χ3v) is 5.31. The van der Waals surface area contributed by atoms with Gasteiger partial charge in [-0.2, -0.15) is 0 Å². The molecule has 1 aliphatic heterocycles. The lowest BCUT2D eigenvalue weighted by Crippen LogP contribution is -2.76. The topological polar surface area (TPSA) is 70.1 Å². The van der Waals surface area contributed by atoms with Crippen LogP contribution in [-0.4, -0.2) is 61.3 Å². The van der Waals surface area contributed by atoms with Gasteiger partial charge in [0.2, 0.25) is 0 Å². The van der Waals surface area contributed by atoms with Gasteiger partial charge < -0.3 is 23.8 Å². The lowest BCUT2D eigenvalue weighted by molar-refractivity contribution is -0.235. The van der Waals surface area contributed by atoms with Gasteiger partial charge >= 0.3 is 0 Å². The smallest absolute Gasteiger partial charge is 0.259 e. The first kappa shape index (κ1) is 24.6. The van der Waals surface area contributed by atoms with Gasteiger partial charge in [0.1, 0.15) is 19.3 Å². The van der Waals surface area contributed by atoms with Crippen molar-refractivity contribution in [2.75, 3.05) is 27.7 Å². The Morgan fingerprint density at radius 2 is 1.87 bits per heavy atom. The molecule has 1 unspecified atom stereocenters. The number of ether oxygens (including phenoxy) is 4.